The van der Waals surface area contributed by atoms with E-state index in [4.69, 9.17) is 0 Å². The fourth-order valence-corrected chi connectivity index (χ4v) is 3.44. The minimum absolute atomic E-state index is 0.109. The van der Waals surface area contributed by atoms with Gasteiger partial charge in [-0.15, -0.1) is 10.2 Å². The van der Waals surface area contributed by atoms with Gasteiger partial charge in [-0.05, 0) is 38.1 Å². The summed E-state index contributed by atoms with van der Waals surface area (Å²) in [5, 5.41) is 21.4. The normalized spacial score (nSPS) is 18.2. The van der Waals surface area contributed by atoms with Gasteiger partial charge in [0.15, 0.2) is 5.82 Å². The first-order chi connectivity index (χ1) is 13.2. The Morgan fingerprint density at radius 3 is 2.75 bits per heavy atom. The van der Waals surface area contributed by atoms with Gasteiger partial charge in [0, 0.05) is 32.1 Å². The molecule has 28 heavy (non-hydrogen) atoms. The number of anilines is 1. The van der Waals surface area contributed by atoms with Crippen LogP contribution in [0, 0.1) is 0 Å². The standard InChI is InChI=1S/C19H25F2N5O2/c1-4-26-9-5-6-13(11-26)22-16-18(28)25(3)17(24-23-16)14-8-7-12(10-15(14)27)19(2,20)21/h7-8,10,13,27H,4-6,9,11H2,1-3H3,(H,22,23)/t13-/m1/s1. The first kappa shape index (κ1) is 20.2. The Morgan fingerprint density at radius 2 is 2.11 bits per heavy atom. The highest BCUT2D eigenvalue weighted by molar-refractivity contribution is 5.65. The molecule has 1 fully saturated rings. The van der Waals surface area contributed by atoms with E-state index >= 15 is 0 Å². The number of halogens is 2. The number of likely N-dealkylation sites (N-methyl/N-ethyl adjacent to an activating group) is 1. The molecule has 0 bridgehead atoms. The average molecular weight is 393 g/mol. The number of nitrogens with one attached hydrogen (secondary N) is 1. The van der Waals surface area contributed by atoms with Crippen molar-refractivity contribution >= 4 is 5.82 Å². The molecule has 7 nitrogen and oxygen atoms in total. The maximum atomic E-state index is 13.4. The maximum absolute atomic E-state index is 13.4. The van der Waals surface area contributed by atoms with E-state index in [1.165, 1.54) is 23.7 Å². The topological polar surface area (TPSA) is 83.3 Å². The van der Waals surface area contributed by atoms with Crippen molar-refractivity contribution in [3.63, 3.8) is 0 Å². The van der Waals surface area contributed by atoms with Crippen LogP contribution in [0.25, 0.3) is 11.4 Å². The first-order valence-electron chi connectivity index (χ1n) is 9.35. The van der Waals surface area contributed by atoms with Gasteiger partial charge in [-0.2, -0.15) is 0 Å². The number of hydrogen-bond donors (Lipinski definition) is 2. The summed E-state index contributed by atoms with van der Waals surface area (Å²) in [5.74, 6) is -3.20. The average Bonchev–Trinajstić information content (AvgIpc) is 2.65. The van der Waals surface area contributed by atoms with E-state index in [0.29, 0.717) is 0 Å². The van der Waals surface area contributed by atoms with E-state index < -0.39 is 5.92 Å². The van der Waals surface area contributed by atoms with Crippen molar-refractivity contribution in [2.24, 2.45) is 7.05 Å². The third kappa shape index (κ3) is 4.14. The number of benzene rings is 1. The Morgan fingerprint density at radius 1 is 1.36 bits per heavy atom. The predicted molar refractivity (Wildman–Crippen MR) is 103 cm³/mol. The molecular formula is C19H25F2N5O2. The molecule has 1 atom stereocenters. The van der Waals surface area contributed by atoms with Gasteiger partial charge in [0.05, 0.1) is 5.56 Å². The summed E-state index contributed by atoms with van der Waals surface area (Å²) in [5.41, 5.74) is -0.535. The summed E-state index contributed by atoms with van der Waals surface area (Å²) in [6, 6.07) is 3.61. The van der Waals surface area contributed by atoms with Crippen LogP contribution in [-0.2, 0) is 13.0 Å². The zero-order chi connectivity index (χ0) is 20.5. The molecule has 0 unspecified atom stereocenters. The molecule has 1 aliphatic heterocycles. The van der Waals surface area contributed by atoms with Crippen LogP contribution in [0.15, 0.2) is 23.0 Å². The Bertz CT molecular complexity index is 910. The largest absolute Gasteiger partial charge is 0.507 e. The number of nitrogens with zero attached hydrogens (tertiary/aromatic N) is 4. The summed E-state index contributed by atoms with van der Waals surface area (Å²) in [4.78, 5) is 15.0. The van der Waals surface area contributed by atoms with Crippen molar-refractivity contribution < 1.29 is 13.9 Å². The highest BCUT2D eigenvalue weighted by atomic mass is 19.3. The predicted octanol–water partition coefficient (Wildman–Crippen LogP) is 2.56. The SMILES string of the molecule is CCN1CCC[C@@H](Nc2nnc(-c3ccc(C(C)(F)F)cc3O)n(C)c2=O)C1. The van der Waals surface area contributed by atoms with E-state index in [1.807, 2.05) is 0 Å². The number of aromatic hydroxyl groups is 1. The molecule has 1 saturated heterocycles. The van der Waals surface area contributed by atoms with Crippen molar-refractivity contribution in [1.82, 2.24) is 19.7 Å². The van der Waals surface area contributed by atoms with Gasteiger partial charge < -0.3 is 15.3 Å². The van der Waals surface area contributed by atoms with E-state index in [2.05, 4.69) is 27.3 Å². The quantitative estimate of drug-likeness (QED) is 0.812. The molecular weight excluding hydrogens is 368 g/mol. The molecule has 2 heterocycles. The molecule has 1 aliphatic rings. The van der Waals surface area contributed by atoms with Crippen molar-refractivity contribution in [3.05, 3.63) is 34.1 Å². The van der Waals surface area contributed by atoms with Gasteiger partial charge in [0.1, 0.15) is 5.75 Å². The van der Waals surface area contributed by atoms with Crippen LogP contribution in [0.1, 0.15) is 32.3 Å². The van der Waals surface area contributed by atoms with Crippen molar-refractivity contribution in [2.45, 2.75) is 38.7 Å². The fourth-order valence-electron chi connectivity index (χ4n) is 3.44. The zero-order valence-corrected chi connectivity index (χ0v) is 16.2. The maximum Gasteiger partial charge on any atom is 0.296 e. The summed E-state index contributed by atoms with van der Waals surface area (Å²) >= 11 is 0. The van der Waals surface area contributed by atoms with Crippen LogP contribution in [0.5, 0.6) is 5.75 Å². The van der Waals surface area contributed by atoms with Crippen LogP contribution < -0.4 is 10.9 Å². The molecule has 1 aromatic carbocycles. The van der Waals surface area contributed by atoms with Gasteiger partial charge in [0.2, 0.25) is 5.82 Å². The van der Waals surface area contributed by atoms with Gasteiger partial charge in [-0.25, -0.2) is 8.78 Å². The summed E-state index contributed by atoms with van der Waals surface area (Å²) in [6.07, 6.45) is 1.98. The number of hydrogen-bond acceptors (Lipinski definition) is 6. The van der Waals surface area contributed by atoms with Gasteiger partial charge in [-0.3, -0.25) is 9.36 Å². The van der Waals surface area contributed by atoms with E-state index in [0.717, 1.165) is 45.5 Å². The first-order valence-corrected chi connectivity index (χ1v) is 9.35. The lowest BCUT2D eigenvalue weighted by molar-refractivity contribution is 0.0173. The molecule has 9 heteroatoms. The van der Waals surface area contributed by atoms with E-state index in [1.54, 1.807) is 0 Å². The molecule has 0 aliphatic carbocycles. The number of alkyl halides is 2. The second kappa shape index (κ2) is 7.83. The molecule has 0 saturated carbocycles. The van der Waals surface area contributed by atoms with E-state index in [-0.39, 0.29) is 40.1 Å². The highest BCUT2D eigenvalue weighted by Crippen LogP contribution is 2.34. The lowest BCUT2D eigenvalue weighted by atomic mass is 10.1. The van der Waals surface area contributed by atoms with Crippen molar-refractivity contribution in [1.29, 1.82) is 0 Å². The number of aromatic nitrogens is 3. The lowest BCUT2D eigenvalue weighted by Crippen LogP contribution is -2.43. The molecule has 0 radical (unpaired) electrons. The van der Waals surface area contributed by atoms with Crippen LogP contribution in [0.2, 0.25) is 0 Å². The monoisotopic (exact) mass is 393 g/mol. The number of phenolic OH excluding ortho intramolecular Hbond substituents is 1. The zero-order valence-electron chi connectivity index (χ0n) is 16.2. The molecule has 3 rings (SSSR count). The smallest absolute Gasteiger partial charge is 0.296 e. The molecule has 152 valence electrons. The van der Waals surface area contributed by atoms with Gasteiger partial charge in [0.25, 0.3) is 11.5 Å². The second-order valence-electron chi connectivity index (χ2n) is 7.23. The number of rotatable bonds is 5. The Hall–Kier alpha value is -2.55. The minimum atomic E-state index is -3.08. The summed E-state index contributed by atoms with van der Waals surface area (Å²) < 4.78 is 28.1. The summed E-state index contributed by atoms with van der Waals surface area (Å²) in [7, 11) is 1.51. The van der Waals surface area contributed by atoms with Crippen LogP contribution in [-0.4, -0.2) is 50.4 Å². The number of piperidine rings is 1. The minimum Gasteiger partial charge on any atom is -0.507 e. The third-order valence-electron chi connectivity index (χ3n) is 5.11. The third-order valence-corrected chi connectivity index (χ3v) is 5.11. The Kier molecular flexibility index (Phi) is 5.64. The molecule has 2 N–H and O–H groups in total. The molecule has 0 spiro atoms. The van der Waals surface area contributed by atoms with E-state index in [9.17, 15) is 18.7 Å². The van der Waals surface area contributed by atoms with Crippen LogP contribution >= 0.6 is 0 Å². The van der Waals surface area contributed by atoms with Crippen molar-refractivity contribution in [3.8, 4) is 17.1 Å². The van der Waals surface area contributed by atoms with Crippen LogP contribution in [0.4, 0.5) is 14.6 Å². The Balaban J connectivity index is 1.87. The molecule has 0 amide bonds. The lowest BCUT2D eigenvalue weighted by Gasteiger charge is -2.32. The van der Waals surface area contributed by atoms with Crippen LogP contribution in [0.3, 0.4) is 0 Å². The van der Waals surface area contributed by atoms with Crippen molar-refractivity contribution in [2.75, 3.05) is 25.0 Å². The summed E-state index contributed by atoms with van der Waals surface area (Å²) in [6.45, 7) is 5.68. The molecule has 1 aromatic heterocycles. The fraction of sp³-hybridized carbons (Fsp3) is 0.526. The molecule has 2 aromatic rings. The number of phenols is 1. The number of likely N-dealkylation sites (tertiary alicyclic amines) is 1. The highest BCUT2D eigenvalue weighted by Gasteiger charge is 2.26. The van der Waals surface area contributed by atoms with Gasteiger partial charge in [-0.1, -0.05) is 13.0 Å². The second-order valence-corrected chi connectivity index (χ2v) is 7.23. The van der Waals surface area contributed by atoms with Gasteiger partial charge >= 0.3 is 0 Å². The Labute approximate surface area is 162 Å².